The fourth-order valence-electron chi connectivity index (χ4n) is 2.33. The number of pyridine rings is 1. The molecule has 0 saturated carbocycles. The average Bonchev–Trinajstić information content (AvgIpc) is 2.58. The van der Waals surface area contributed by atoms with Crippen molar-refractivity contribution in [2.45, 2.75) is 38.8 Å². The minimum atomic E-state index is 0.221. The lowest BCUT2D eigenvalue weighted by molar-refractivity contribution is 0.513. The first kappa shape index (κ1) is 10.4. The van der Waals surface area contributed by atoms with Crippen molar-refractivity contribution in [1.82, 2.24) is 4.98 Å². The van der Waals surface area contributed by atoms with Gasteiger partial charge in [-0.3, -0.25) is 0 Å². The van der Waals surface area contributed by atoms with E-state index in [2.05, 4.69) is 29.8 Å². The Bertz CT molecular complexity index is 346. The molecule has 82 valence electrons. The van der Waals surface area contributed by atoms with Gasteiger partial charge in [-0.1, -0.05) is 6.07 Å². The van der Waals surface area contributed by atoms with Gasteiger partial charge in [0.1, 0.15) is 5.82 Å². The predicted octanol–water partition coefficient (Wildman–Crippen LogP) is 1.92. The molecule has 1 aliphatic heterocycles. The molecule has 0 atom stereocenters. The van der Waals surface area contributed by atoms with Crippen molar-refractivity contribution >= 4 is 5.82 Å². The summed E-state index contributed by atoms with van der Waals surface area (Å²) < 4.78 is 0. The minimum Gasteiger partial charge on any atom is -0.351 e. The number of anilines is 1. The van der Waals surface area contributed by atoms with E-state index in [4.69, 9.17) is 5.73 Å². The van der Waals surface area contributed by atoms with Crippen molar-refractivity contribution in [3.8, 4) is 0 Å². The second-order valence-corrected chi connectivity index (χ2v) is 4.76. The third-order valence-corrected chi connectivity index (χ3v) is 3.24. The molecule has 1 aliphatic rings. The molecule has 0 spiro atoms. The first-order chi connectivity index (χ1) is 7.15. The molecule has 1 aromatic rings. The van der Waals surface area contributed by atoms with Gasteiger partial charge in [-0.25, -0.2) is 4.98 Å². The van der Waals surface area contributed by atoms with Gasteiger partial charge in [0.15, 0.2) is 0 Å². The number of hydrogen-bond donors (Lipinski definition) is 1. The Morgan fingerprint density at radius 1 is 1.53 bits per heavy atom. The molecule has 3 heteroatoms. The van der Waals surface area contributed by atoms with Crippen LogP contribution in [0.3, 0.4) is 0 Å². The molecule has 2 heterocycles. The Morgan fingerprint density at radius 2 is 2.33 bits per heavy atom. The minimum absolute atomic E-state index is 0.221. The summed E-state index contributed by atoms with van der Waals surface area (Å²) in [7, 11) is 0. The molecule has 0 aromatic carbocycles. The number of rotatable bonds is 2. The lowest BCUT2D eigenvalue weighted by atomic mass is 10.0. The lowest BCUT2D eigenvalue weighted by Crippen LogP contribution is -2.39. The zero-order valence-electron chi connectivity index (χ0n) is 9.53. The monoisotopic (exact) mass is 205 g/mol. The van der Waals surface area contributed by atoms with Crippen LogP contribution in [0.25, 0.3) is 0 Å². The number of hydrogen-bond acceptors (Lipinski definition) is 3. The highest BCUT2D eigenvalue weighted by Crippen LogP contribution is 2.33. The largest absolute Gasteiger partial charge is 0.351 e. The van der Waals surface area contributed by atoms with Crippen LogP contribution >= 0.6 is 0 Å². The van der Waals surface area contributed by atoms with Crippen LogP contribution in [0.2, 0.25) is 0 Å². The summed E-state index contributed by atoms with van der Waals surface area (Å²) in [6.45, 7) is 6.21. The summed E-state index contributed by atoms with van der Waals surface area (Å²) in [5, 5.41) is 0. The Kier molecular flexibility index (Phi) is 2.65. The van der Waals surface area contributed by atoms with Crippen molar-refractivity contribution in [1.29, 1.82) is 0 Å². The third kappa shape index (κ3) is 1.84. The van der Waals surface area contributed by atoms with Gasteiger partial charge in [-0.15, -0.1) is 0 Å². The Hall–Kier alpha value is -1.09. The molecular formula is C12H19N3. The number of aromatic nitrogens is 1. The zero-order chi connectivity index (χ0) is 10.9. The number of nitrogens with two attached hydrogens (primary N) is 1. The van der Waals surface area contributed by atoms with Crippen molar-refractivity contribution < 1.29 is 0 Å². The van der Waals surface area contributed by atoms with Crippen LogP contribution in [0.4, 0.5) is 5.82 Å². The molecule has 0 bridgehead atoms. The van der Waals surface area contributed by atoms with E-state index in [0.717, 1.165) is 17.9 Å². The first-order valence-corrected chi connectivity index (χ1v) is 5.57. The van der Waals surface area contributed by atoms with Gasteiger partial charge in [0.2, 0.25) is 0 Å². The Morgan fingerprint density at radius 3 is 2.93 bits per heavy atom. The molecule has 15 heavy (non-hydrogen) atoms. The normalized spacial score (nSPS) is 19.5. The van der Waals surface area contributed by atoms with Crippen LogP contribution in [0.1, 0.15) is 32.3 Å². The highest BCUT2D eigenvalue weighted by molar-refractivity contribution is 5.50. The molecule has 0 radical (unpaired) electrons. The van der Waals surface area contributed by atoms with Crippen molar-refractivity contribution in [3.05, 3.63) is 23.9 Å². The highest BCUT2D eigenvalue weighted by Gasteiger charge is 2.33. The molecular weight excluding hydrogens is 186 g/mol. The van der Waals surface area contributed by atoms with Gasteiger partial charge >= 0.3 is 0 Å². The van der Waals surface area contributed by atoms with Gasteiger partial charge in [0.05, 0.1) is 0 Å². The SMILES string of the molecule is CC1(C)CCCN1c1ncccc1CN. The van der Waals surface area contributed by atoms with Crippen LogP contribution in [0.5, 0.6) is 0 Å². The first-order valence-electron chi connectivity index (χ1n) is 5.57. The molecule has 0 unspecified atom stereocenters. The van der Waals surface area contributed by atoms with E-state index in [1.807, 2.05) is 12.3 Å². The summed E-state index contributed by atoms with van der Waals surface area (Å²) in [5.41, 5.74) is 7.11. The molecule has 0 amide bonds. The smallest absolute Gasteiger partial charge is 0.133 e. The summed E-state index contributed by atoms with van der Waals surface area (Å²) in [4.78, 5) is 6.86. The summed E-state index contributed by atoms with van der Waals surface area (Å²) in [6.07, 6.45) is 4.32. The molecule has 1 fully saturated rings. The fraction of sp³-hybridized carbons (Fsp3) is 0.583. The summed E-state index contributed by atoms with van der Waals surface area (Å²) in [5.74, 6) is 1.07. The van der Waals surface area contributed by atoms with Crippen LogP contribution in [0, 0.1) is 0 Å². The quantitative estimate of drug-likeness (QED) is 0.802. The van der Waals surface area contributed by atoms with Gasteiger partial charge in [-0.2, -0.15) is 0 Å². The van der Waals surface area contributed by atoms with Gasteiger partial charge in [-0.05, 0) is 32.8 Å². The third-order valence-electron chi connectivity index (χ3n) is 3.24. The zero-order valence-corrected chi connectivity index (χ0v) is 9.53. The van der Waals surface area contributed by atoms with Crippen molar-refractivity contribution in [2.24, 2.45) is 5.73 Å². The second-order valence-electron chi connectivity index (χ2n) is 4.76. The maximum absolute atomic E-state index is 5.74. The predicted molar refractivity (Wildman–Crippen MR) is 62.8 cm³/mol. The van der Waals surface area contributed by atoms with E-state index in [1.165, 1.54) is 12.8 Å². The number of nitrogens with zero attached hydrogens (tertiary/aromatic N) is 2. The van der Waals surface area contributed by atoms with Crippen molar-refractivity contribution in [3.63, 3.8) is 0 Å². The van der Waals surface area contributed by atoms with E-state index < -0.39 is 0 Å². The standard InChI is InChI=1S/C12H19N3/c1-12(2)6-4-8-15(12)11-10(9-13)5-3-7-14-11/h3,5,7H,4,6,8-9,13H2,1-2H3. The van der Waals surface area contributed by atoms with E-state index >= 15 is 0 Å². The van der Waals surface area contributed by atoms with Gasteiger partial charge < -0.3 is 10.6 Å². The Balaban J connectivity index is 2.36. The summed E-state index contributed by atoms with van der Waals surface area (Å²) in [6, 6.07) is 4.02. The molecule has 1 aromatic heterocycles. The Labute approximate surface area is 91.3 Å². The van der Waals surface area contributed by atoms with Crippen LogP contribution in [-0.4, -0.2) is 17.1 Å². The van der Waals surface area contributed by atoms with E-state index in [9.17, 15) is 0 Å². The molecule has 2 rings (SSSR count). The molecule has 3 nitrogen and oxygen atoms in total. The summed E-state index contributed by atoms with van der Waals surface area (Å²) >= 11 is 0. The van der Waals surface area contributed by atoms with Crippen molar-refractivity contribution in [2.75, 3.05) is 11.4 Å². The van der Waals surface area contributed by atoms with Crippen LogP contribution in [0.15, 0.2) is 18.3 Å². The maximum Gasteiger partial charge on any atom is 0.133 e. The average molecular weight is 205 g/mol. The lowest BCUT2D eigenvalue weighted by Gasteiger charge is -2.33. The van der Waals surface area contributed by atoms with Gasteiger partial charge in [0, 0.05) is 30.4 Å². The second kappa shape index (κ2) is 3.81. The molecule has 2 N–H and O–H groups in total. The highest BCUT2D eigenvalue weighted by atomic mass is 15.3. The van der Waals surface area contributed by atoms with Gasteiger partial charge in [0.25, 0.3) is 0 Å². The van der Waals surface area contributed by atoms with Crippen LogP contribution < -0.4 is 10.6 Å². The van der Waals surface area contributed by atoms with E-state index in [0.29, 0.717) is 6.54 Å². The van der Waals surface area contributed by atoms with E-state index in [-0.39, 0.29) is 5.54 Å². The molecule has 0 aliphatic carbocycles. The maximum atomic E-state index is 5.74. The van der Waals surface area contributed by atoms with Crippen LogP contribution in [-0.2, 0) is 6.54 Å². The fourth-order valence-corrected chi connectivity index (χ4v) is 2.33. The van der Waals surface area contributed by atoms with E-state index in [1.54, 1.807) is 0 Å². The topological polar surface area (TPSA) is 42.2 Å². The molecule has 1 saturated heterocycles.